The van der Waals surface area contributed by atoms with Crippen LogP contribution in [0.5, 0.6) is 0 Å². The first-order valence-corrected chi connectivity index (χ1v) is 7.45. The lowest BCUT2D eigenvalue weighted by atomic mass is 10.2. The van der Waals surface area contributed by atoms with Gasteiger partial charge in [0.25, 0.3) is 10.1 Å². The molecule has 17 heavy (non-hydrogen) atoms. The van der Waals surface area contributed by atoms with Crippen LogP contribution in [0.4, 0.5) is 0 Å². The van der Waals surface area contributed by atoms with E-state index in [0.717, 1.165) is 24.3 Å². The van der Waals surface area contributed by atoms with Crippen LogP contribution in [0.1, 0.15) is 31.2 Å². The van der Waals surface area contributed by atoms with Gasteiger partial charge in [-0.25, -0.2) is 0 Å². The quantitative estimate of drug-likeness (QED) is 0.579. The van der Waals surface area contributed by atoms with Crippen molar-refractivity contribution in [2.45, 2.75) is 37.5 Å². The Morgan fingerprint density at radius 3 is 2.47 bits per heavy atom. The molecule has 1 fully saturated rings. The molecule has 0 atom stereocenters. The summed E-state index contributed by atoms with van der Waals surface area (Å²) in [7, 11) is -3.55. The third-order valence-electron chi connectivity index (χ3n) is 3.00. The Morgan fingerprint density at radius 1 is 1.24 bits per heavy atom. The van der Waals surface area contributed by atoms with Crippen molar-refractivity contribution in [2.24, 2.45) is 5.92 Å². The second kappa shape index (κ2) is 5.19. The summed E-state index contributed by atoms with van der Waals surface area (Å²) in [5.41, 5.74) is 1.04. The van der Waals surface area contributed by atoms with E-state index in [1.807, 2.05) is 6.92 Å². The van der Waals surface area contributed by atoms with Gasteiger partial charge in [0.2, 0.25) is 0 Å². The highest BCUT2D eigenvalue weighted by Crippen LogP contribution is 2.33. The first kappa shape index (κ1) is 12.6. The molecule has 1 aromatic rings. The predicted octanol–water partition coefficient (Wildman–Crippen LogP) is 2.89. The number of benzene rings is 1. The van der Waals surface area contributed by atoms with Crippen LogP contribution in [0.25, 0.3) is 0 Å². The number of hydrogen-bond acceptors (Lipinski definition) is 3. The fourth-order valence-electron chi connectivity index (χ4n) is 1.72. The van der Waals surface area contributed by atoms with Crippen LogP contribution in [0, 0.1) is 12.8 Å². The van der Waals surface area contributed by atoms with E-state index in [9.17, 15) is 8.42 Å². The van der Waals surface area contributed by atoms with Crippen molar-refractivity contribution in [3.8, 4) is 0 Å². The van der Waals surface area contributed by atoms with Crippen molar-refractivity contribution in [2.75, 3.05) is 6.61 Å². The van der Waals surface area contributed by atoms with Gasteiger partial charge in [0.05, 0.1) is 11.5 Å². The predicted molar refractivity (Wildman–Crippen MR) is 66.3 cm³/mol. The molecule has 0 amide bonds. The highest BCUT2D eigenvalue weighted by Gasteiger charge is 2.21. The molecule has 0 bridgehead atoms. The standard InChI is InChI=1S/C13H18O3S/c1-11-4-8-13(9-5-11)17(14,15)16-10-2-3-12-6-7-12/h4-5,8-9,12H,2-3,6-7,10H2,1H3. The van der Waals surface area contributed by atoms with Crippen LogP contribution in [0.15, 0.2) is 29.2 Å². The normalized spacial score (nSPS) is 16.1. The van der Waals surface area contributed by atoms with Crippen molar-refractivity contribution in [1.29, 1.82) is 0 Å². The van der Waals surface area contributed by atoms with E-state index in [1.165, 1.54) is 12.8 Å². The summed E-state index contributed by atoms with van der Waals surface area (Å²) in [5, 5.41) is 0. The Morgan fingerprint density at radius 2 is 1.88 bits per heavy atom. The van der Waals surface area contributed by atoms with Gasteiger partial charge in [-0.05, 0) is 37.8 Å². The van der Waals surface area contributed by atoms with Gasteiger partial charge in [0.1, 0.15) is 0 Å². The van der Waals surface area contributed by atoms with E-state index in [-0.39, 0.29) is 4.90 Å². The third kappa shape index (κ3) is 3.82. The molecule has 0 spiro atoms. The summed E-state index contributed by atoms with van der Waals surface area (Å²) in [6.45, 7) is 2.22. The summed E-state index contributed by atoms with van der Waals surface area (Å²) < 4.78 is 28.6. The van der Waals surface area contributed by atoms with Gasteiger partial charge >= 0.3 is 0 Å². The van der Waals surface area contributed by atoms with Crippen LogP contribution in [-0.4, -0.2) is 15.0 Å². The monoisotopic (exact) mass is 254 g/mol. The van der Waals surface area contributed by atoms with E-state index >= 15 is 0 Å². The van der Waals surface area contributed by atoms with Crippen LogP contribution >= 0.6 is 0 Å². The second-order valence-electron chi connectivity index (χ2n) is 4.67. The molecule has 1 aliphatic rings. The van der Waals surface area contributed by atoms with Crippen LogP contribution < -0.4 is 0 Å². The minimum atomic E-state index is -3.55. The molecule has 3 nitrogen and oxygen atoms in total. The van der Waals surface area contributed by atoms with Gasteiger partial charge in [-0.3, -0.25) is 4.18 Å². The molecule has 0 radical (unpaired) electrons. The van der Waals surface area contributed by atoms with Gasteiger partial charge in [-0.2, -0.15) is 8.42 Å². The van der Waals surface area contributed by atoms with Gasteiger partial charge < -0.3 is 0 Å². The van der Waals surface area contributed by atoms with Crippen molar-refractivity contribution >= 4 is 10.1 Å². The molecule has 0 unspecified atom stereocenters. The lowest BCUT2D eigenvalue weighted by Gasteiger charge is -2.05. The average Bonchev–Trinajstić information content (AvgIpc) is 3.09. The fourth-order valence-corrected chi connectivity index (χ4v) is 2.66. The topological polar surface area (TPSA) is 43.4 Å². The zero-order chi connectivity index (χ0) is 12.3. The Kier molecular flexibility index (Phi) is 3.84. The molecule has 0 aliphatic heterocycles. The van der Waals surface area contributed by atoms with E-state index in [4.69, 9.17) is 4.18 Å². The van der Waals surface area contributed by atoms with Crippen LogP contribution in [0.2, 0.25) is 0 Å². The minimum Gasteiger partial charge on any atom is -0.266 e. The van der Waals surface area contributed by atoms with Gasteiger partial charge in [0.15, 0.2) is 0 Å². The lowest BCUT2D eigenvalue weighted by Crippen LogP contribution is -2.07. The summed E-state index contributed by atoms with van der Waals surface area (Å²) >= 11 is 0. The molecular weight excluding hydrogens is 236 g/mol. The number of rotatable bonds is 6. The highest BCUT2D eigenvalue weighted by atomic mass is 32.2. The van der Waals surface area contributed by atoms with Crippen LogP contribution in [0.3, 0.4) is 0 Å². The Balaban J connectivity index is 1.86. The second-order valence-corrected chi connectivity index (χ2v) is 6.29. The fraction of sp³-hybridized carbons (Fsp3) is 0.538. The summed E-state index contributed by atoms with van der Waals surface area (Å²) in [4.78, 5) is 0.245. The summed E-state index contributed by atoms with van der Waals surface area (Å²) in [6.07, 6.45) is 4.51. The molecule has 4 heteroatoms. The Labute approximate surface area is 103 Å². The summed E-state index contributed by atoms with van der Waals surface area (Å²) in [5.74, 6) is 0.820. The first-order valence-electron chi connectivity index (χ1n) is 6.04. The molecule has 1 aromatic carbocycles. The third-order valence-corrected chi connectivity index (χ3v) is 4.33. The zero-order valence-electron chi connectivity index (χ0n) is 10.1. The lowest BCUT2D eigenvalue weighted by molar-refractivity contribution is 0.305. The minimum absolute atomic E-state index is 0.245. The van der Waals surface area contributed by atoms with Crippen molar-refractivity contribution in [3.63, 3.8) is 0 Å². The van der Waals surface area contributed by atoms with E-state index in [1.54, 1.807) is 24.3 Å². The molecule has 94 valence electrons. The van der Waals surface area contributed by atoms with E-state index in [0.29, 0.717) is 6.61 Å². The number of hydrogen-bond donors (Lipinski definition) is 0. The van der Waals surface area contributed by atoms with Crippen LogP contribution in [-0.2, 0) is 14.3 Å². The van der Waals surface area contributed by atoms with Crippen molar-refractivity contribution in [3.05, 3.63) is 29.8 Å². The maximum atomic E-state index is 11.8. The van der Waals surface area contributed by atoms with Gasteiger partial charge in [0, 0.05) is 0 Å². The molecule has 1 aliphatic carbocycles. The average molecular weight is 254 g/mol. The molecule has 0 heterocycles. The van der Waals surface area contributed by atoms with Crippen molar-refractivity contribution in [1.82, 2.24) is 0 Å². The molecule has 0 N–H and O–H groups in total. The SMILES string of the molecule is Cc1ccc(S(=O)(=O)OCCCC2CC2)cc1. The number of aryl methyl sites for hydroxylation is 1. The molecule has 2 rings (SSSR count). The largest absolute Gasteiger partial charge is 0.296 e. The zero-order valence-corrected chi connectivity index (χ0v) is 10.9. The smallest absolute Gasteiger partial charge is 0.266 e. The van der Waals surface area contributed by atoms with Gasteiger partial charge in [-0.1, -0.05) is 30.5 Å². The Hall–Kier alpha value is -0.870. The van der Waals surface area contributed by atoms with Crippen molar-refractivity contribution < 1.29 is 12.6 Å². The molecule has 0 saturated heterocycles. The summed E-state index contributed by atoms with van der Waals surface area (Å²) in [6, 6.07) is 6.73. The molecule has 0 aromatic heterocycles. The maximum Gasteiger partial charge on any atom is 0.296 e. The highest BCUT2D eigenvalue weighted by molar-refractivity contribution is 7.86. The Bertz CT molecular complexity index is 458. The first-order chi connectivity index (χ1) is 8.08. The molecule has 1 saturated carbocycles. The maximum absolute atomic E-state index is 11.8. The van der Waals surface area contributed by atoms with E-state index in [2.05, 4.69) is 0 Å². The van der Waals surface area contributed by atoms with E-state index < -0.39 is 10.1 Å². The van der Waals surface area contributed by atoms with Gasteiger partial charge in [-0.15, -0.1) is 0 Å². The molecular formula is C13H18O3S.